The van der Waals surface area contributed by atoms with E-state index < -0.39 is 5.72 Å². The van der Waals surface area contributed by atoms with Crippen molar-refractivity contribution in [2.75, 3.05) is 0 Å². The Kier molecular flexibility index (Phi) is 3.88. The van der Waals surface area contributed by atoms with Crippen molar-refractivity contribution in [3.8, 4) is 0 Å². The molecule has 0 bridgehead atoms. The first-order valence-corrected chi connectivity index (χ1v) is 7.51. The Balaban J connectivity index is 1.94. The quantitative estimate of drug-likeness (QED) is 0.918. The van der Waals surface area contributed by atoms with Gasteiger partial charge in [-0.2, -0.15) is 0 Å². The number of benzene rings is 1. The van der Waals surface area contributed by atoms with Crippen LogP contribution in [0.5, 0.6) is 0 Å². The van der Waals surface area contributed by atoms with E-state index in [2.05, 4.69) is 4.98 Å². The van der Waals surface area contributed by atoms with Crippen molar-refractivity contribution in [3.63, 3.8) is 0 Å². The molecule has 1 atom stereocenters. The molecule has 4 heteroatoms. The normalized spacial score (nSPS) is 18.5. The lowest BCUT2D eigenvalue weighted by Crippen LogP contribution is -2.43. The second-order valence-electron chi connectivity index (χ2n) is 5.79. The molecule has 0 amide bonds. The number of aliphatic hydroxyl groups is 1. The number of carbonyl (C=O) groups is 1. The van der Waals surface area contributed by atoms with E-state index in [-0.39, 0.29) is 5.78 Å². The number of imidazole rings is 1. The smallest absolute Gasteiger partial charge is 0.229 e. The minimum Gasteiger partial charge on any atom is -0.361 e. The van der Waals surface area contributed by atoms with E-state index in [0.717, 1.165) is 12.8 Å². The highest BCUT2D eigenvalue weighted by Gasteiger charge is 2.40. The summed E-state index contributed by atoms with van der Waals surface area (Å²) in [5, 5.41) is 11.1. The number of ketones is 1. The summed E-state index contributed by atoms with van der Waals surface area (Å²) in [5.41, 5.74) is -1.06. The Bertz CT molecular complexity index is 589. The van der Waals surface area contributed by atoms with Crippen LogP contribution in [0.3, 0.4) is 0 Å². The molecule has 3 rings (SSSR count). The highest BCUT2D eigenvalue weighted by Crippen LogP contribution is 2.33. The van der Waals surface area contributed by atoms with Gasteiger partial charge in [-0.3, -0.25) is 9.36 Å². The number of nitrogens with zero attached hydrogens (tertiary/aromatic N) is 2. The Labute approximate surface area is 124 Å². The molecule has 1 saturated carbocycles. The van der Waals surface area contributed by atoms with E-state index >= 15 is 0 Å². The average molecular weight is 284 g/mol. The third-order valence-corrected chi connectivity index (χ3v) is 4.39. The summed E-state index contributed by atoms with van der Waals surface area (Å²) in [7, 11) is 0. The van der Waals surface area contributed by atoms with Crippen LogP contribution in [-0.4, -0.2) is 20.4 Å². The molecule has 1 fully saturated rings. The van der Waals surface area contributed by atoms with Gasteiger partial charge in [-0.1, -0.05) is 56.0 Å². The number of Topliss-reactive ketones (excluding diaryl/α,β-unsaturated/α-hetero) is 1. The lowest BCUT2D eigenvalue weighted by atomic mass is 9.90. The van der Waals surface area contributed by atoms with Gasteiger partial charge >= 0.3 is 0 Å². The Hall–Kier alpha value is -1.94. The van der Waals surface area contributed by atoms with Crippen molar-refractivity contribution < 1.29 is 9.90 Å². The van der Waals surface area contributed by atoms with Crippen LogP contribution >= 0.6 is 0 Å². The molecule has 0 radical (unpaired) electrons. The van der Waals surface area contributed by atoms with Gasteiger partial charge in [0.25, 0.3) is 0 Å². The molecule has 1 N–H and O–H groups in total. The van der Waals surface area contributed by atoms with Crippen molar-refractivity contribution in [3.05, 3.63) is 54.6 Å². The molecule has 1 aliphatic carbocycles. The SMILES string of the molecule is O=C(CC1CCCC1)C(O)(c1ccccc1)n1ccnc1. The van der Waals surface area contributed by atoms with Crippen molar-refractivity contribution in [1.29, 1.82) is 0 Å². The summed E-state index contributed by atoms with van der Waals surface area (Å²) in [6.07, 6.45) is 9.68. The zero-order valence-corrected chi connectivity index (χ0v) is 12.0. The molecule has 1 aromatic carbocycles. The zero-order valence-electron chi connectivity index (χ0n) is 12.0. The summed E-state index contributed by atoms with van der Waals surface area (Å²) in [6.45, 7) is 0. The first-order valence-electron chi connectivity index (χ1n) is 7.51. The third kappa shape index (κ3) is 2.63. The van der Waals surface area contributed by atoms with Crippen molar-refractivity contribution in [2.24, 2.45) is 5.92 Å². The van der Waals surface area contributed by atoms with Crippen LogP contribution in [0.25, 0.3) is 0 Å². The van der Waals surface area contributed by atoms with Crippen LogP contribution < -0.4 is 0 Å². The topological polar surface area (TPSA) is 55.1 Å². The summed E-state index contributed by atoms with van der Waals surface area (Å²) >= 11 is 0. The van der Waals surface area contributed by atoms with Gasteiger partial charge in [0, 0.05) is 24.4 Å². The van der Waals surface area contributed by atoms with E-state index in [9.17, 15) is 9.90 Å². The molecular formula is C17H20N2O2. The lowest BCUT2D eigenvalue weighted by molar-refractivity contribution is -0.143. The minimum absolute atomic E-state index is 0.154. The lowest BCUT2D eigenvalue weighted by Gasteiger charge is -2.29. The van der Waals surface area contributed by atoms with Gasteiger partial charge in [0.15, 0.2) is 5.78 Å². The van der Waals surface area contributed by atoms with Crippen LogP contribution in [0.4, 0.5) is 0 Å². The molecule has 2 aromatic rings. The Morgan fingerprint density at radius 3 is 2.62 bits per heavy atom. The fraction of sp³-hybridized carbons (Fsp3) is 0.412. The monoisotopic (exact) mass is 284 g/mol. The maximum atomic E-state index is 12.8. The Morgan fingerprint density at radius 2 is 2.00 bits per heavy atom. The molecule has 1 heterocycles. The predicted molar refractivity (Wildman–Crippen MR) is 79.5 cm³/mol. The molecule has 0 saturated heterocycles. The molecule has 0 spiro atoms. The summed E-state index contributed by atoms with van der Waals surface area (Å²) in [5.74, 6) is 0.245. The van der Waals surface area contributed by atoms with E-state index in [4.69, 9.17) is 0 Å². The predicted octanol–water partition coefficient (Wildman–Crippen LogP) is 2.73. The Morgan fingerprint density at radius 1 is 1.29 bits per heavy atom. The van der Waals surface area contributed by atoms with Gasteiger partial charge < -0.3 is 5.11 Å². The fourth-order valence-corrected chi connectivity index (χ4v) is 3.19. The maximum absolute atomic E-state index is 12.8. The maximum Gasteiger partial charge on any atom is 0.229 e. The number of aromatic nitrogens is 2. The summed E-state index contributed by atoms with van der Waals surface area (Å²) in [4.78, 5) is 16.8. The van der Waals surface area contributed by atoms with Crippen molar-refractivity contribution in [1.82, 2.24) is 9.55 Å². The molecule has 110 valence electrons. The number of rotatable bonds is 5. The number of hydrogen-bond acceptors (Lipinski definition) is 3. The van der Waals surface area contributed by atoms with E-state index in [1.807, 2.05) is 18.2 Å². The van der Waals surface area contributed by atoms with Crippen LogP contribution in [0.2, 0.25) is 0 Å². The van der Waals surface area contributed by atoms with E-state index in [0.29, 0.717) is 17.9 Å². The van der Waals surface area contributed by atoms with Gasteiger partial charge in [-0.05, 0) is 5.92 Å². The molecule has 1 aliphatic rings. The second kappa shape index (κ2) is 5.82. The van der Waals surface area contributed by atoms with Crippen molar-refractivity contribution >= 4 is 5.78 Å². The zero-order chi connectivity index (χ0) is 14.7. The molecule has 1 aromatic heterocycles. The van der Waals surface area contributed by atoms with Gasteiger partial charge in [-0.25, -0.2) is 4.98 Å². The average Bonchev–Trinajstić information content (AvgIpc) is 3.20. The van der Waals surface area contributed by atoms with Gasteiger partial charge in [-0.15, -0.1) is 0 Å². The minimum atomic E-state index is -1.65. The van der Waals surface area contributed by atoms with Gasteiger partial charge in [0.2, 0.25) is 5.72 Å². The largest absolute Gasteiger partial charge is 0.361 e. The first kappa shape index (κ1) is 14.0. The highest BCUT2D eigenvalue weighted by molar-refractivity contribution is 5.88. The highest BCUT2D eigenvalue weighted by atomic mass is 16.3. The summed E-state index contributed by atoms with van der Waals surface area (Å²) < 4.78 is 1.50. The molecule has 1 unspecified atom stereocenters. The van der Waals surface area contributed by atoms with Crippen LogP contribution in [0, 0.1) is 5.92 Å². The summed E-state index contributed by atoms with van der Waals surface area (Å²) in [6, 6.07) is 9.11. The van der Waals surface area contributed by atoms with Gasteiger partial charge in [0.1, 0.15) is 0 Å². The van der Waals surface area contributed by atoms with E-state index in [1.54, 1.807) is 24.5 Å². The first-order chi connectivity index (χ1) is 10.2. The molecular weight excluding hydrogens is 264 g/mol. The van der Waals surface area contributed by atoms with E-state index in [1.165, 1.54) is 23.7 Å². The number of hydrogen-bond donors (Lipinski definition) is 1. The molecule has 0 aliphatic heterocycles. The van der Waals surface area contributed by atoms with Crippen LogP contribution in [0.1, 0.15) is 37.7 Å². The molecule has 21 heavy (non-hydrogen) atoms. The third-order valence-electron chi connectivity index (χ3n) is 4.39. The van der Waals surface area contributed by atoms with Crippen LogP contribution in [0.15, 0.2) is 49.1 Å². The van der Waals surface area contributed by atoms with Gasteiger partial charge in [0.05, 0.1) is 6.33 Å². The van der Waals surface area contributed by atoms with Crippen molar-refractivity contribution in [2.45, 2.75) is 37.8 Å². The van der Waals surface area contributed by atoms with Crippen LogP contribution in [-0.2, 0) is 10.5 Å². The standard InChI is InChI=1S/C17H20N2O2/c20-16(12-14-6-4-5-7-14)17(21,19-11-10-18-13-19)15-8-2-1-3-9-15/h1-3,8-11,13-14,21H,4-7,12H2. The second-order valence-corrected chi connectivity index (χ2v) is 5.79. The fourth-order valence-electron chi connectivity index (χ4n) is 3.19. The molecule has 4 nitrogen and oxygen atoms in total. The number of carbonyl (C=O) groups excluding carboxylic acids is 1.